The molecule has 0 saturated carbocycles. The van der Waals surface area contributed by atoms with Gasteiger partial charge in [-0.15, -0.1) is 56.7 Å². The van der Waals surface area contributed by atoms with Gasteiger partial charge < -0.3 is 74.0 Å². The SMILES string of the molecule is COc1ccc2c(OC(C)(C)C)cc(-c3csc(NC(C)C)n3)nc2c1.COc1ccc2c(OC(C)(C)C)cc(-c3csc(NC(C)C)n3)nc2c1Br.COc1ccc2c(OC(C)(C)C)cc(-c3csc(NC(C)C)n3)nc2c1C.COc1ccc2c(OC(C)(C)C)cc(-c3csc(NC(C)C)n3)nc2c1Cl.COc1ccc2c(OC(C)(C)C)cc(-c3csc(NC(C)C)n3)nc2c1F. The van der Waals surface area contributed by atoms with E-state index in [1.54, 1.807) is 85.9 Å². The van der Waals surface area contributed by atoms with Crippen molar-refractivity contribution < 1.29 is 51.8 Å². The molecule has 0 fully saturated rings. The molecule has 5 aromatic carbocycles. The number of hydrogen-bond donors (Lipinski definition) is 5. The van der Waals surface area contributed by atoms with Gasteiger partial charge >= 0.3 is 0 Å². The Kier molecular flexibility index (Phi) is 33.8. The average molecular weight is 2000 g/mol. The molecule has 0 radical (unpaired) electrons. The van der Waals surface area contributed by atoms with E-state index in [1.165, 1.54) is 18.4 Å². The van der Waals surface area contributed by atoms with Gasteiger partial charge in [-0.2, -0.15) is 0 Å². The minimum atomic E-state index is -0.508. The van der Waals surface area contributed by atoms with E-state index in [-0.39, 0.29) is 39.7 Å². The van der Waals surface area contributed by atoms with Gasteiger partial charge in [-0.1, -0.05) is 11.6 Å². The number of ether oxygens (including phenoxy) is 10. The van der Waals surface area contributed by atoms with Crippen LogP contribution in [0.25, 0.3) is 111 Å². The van der Waals surface area contributed by atoms with Crippen LogP contribution in [0.15, 0.2) is 128 Å². The fraction of sp³-hybridized carbons (Fsp3) is 0.406. The second kappa shape index (κ2) is 43.8. The summed E-state index contributed by atoms with van der Waals surface area (Å²) in [5.74, 6) is 6.20. The van der Waals surface area contributed by atoms with Gasteiger partial charge in [-0.25, -0.2) is 54.2 Å². The Labute approximate surface area is 819 Å². The molecule has 134 heavy (non-hydrogen) atoms. The number of aromatic nitrogens is 10. The summed E-state index contributed by atoms with van der Waals surface area (Å²) in [7, 11) is 8.00. The molecule has 0 aliphatic carbocycles. The summed E-state index contributed by atoms with van der Waals surface area (Å²) in [6.07, 6.45) is 0. The van der Waals surface area contributed by atoms with Gasteiger partial charge in [0.1, 0.15) is 119 Å². The van der Waals surface area contributed by atoms with E-state index >= 15 is 0 Å². The van der Waals surface area contributed by atoms with Crippen LogP contribution < -0.4 is 74.0 Å². The van der Waals surface area contributed by atoms with Gasteiger partial charge in [0.15, 0.2) is 37.2 Å². The van der Waals surface area contributed by atoms with Crippen LogP contribution in [0.3, 0.4) is 0 Å². The number of benzene rings is 5. The van der Waals surface area contributed by atoms with Crippen molar-refractivity contribution >= 4 is 164 Å². The Morgan fingerprint density at radius 3 is 0.896 bits per heavy atom. The van der Waals surface area contributed by atoms with E-state index in [0.29, 0.717) is 68.7 Å². The molecule has 15 rings (SSSR count). The van der Waals surface area contributed by atoms with E-state index in [4.69, 9.17) is 83.9 Å². The zero-order chi connectivity index (χ0) is 98.0. The fourth-order valence-corrected chi connectivity index (χ4v) is 18.4. The number of aryl methyl sites for hydroxylation is 1. The third-order valence-electron chi connectivity index (χ3n) is 18.5. The van der Waals surface area contributed by atoms with Crippen molar-refractivity contribution in [2.24, 2.45) is 0 Å². The number of methoxy groups -OCH3 is 5. The molecule has 0 unspecified atom stereocenters. The number of halogens is 3. The molecule has 15 aromatic rings. The van der Waals surface area contributed by atoms with Gasteiger partial charge in [-0.3, -0.25) is 0 Å². The standard InChI is InChI=1S/C21H27N3O2S.C20H24BrN3O2S.C20H24ClN3O2S.C20H24FN3O2S.C20H25N3O2S/c1-12(2)22-20-24-16(11-27-20)15-10-18(26-21(4,5)6)14-8-9-17(25-7)13(3)19(14)23-15;3*1-11(2)22-19-24-14(10-27-19)13-9-16(26-20(3,4)5)12-7-8-15(25-6)17(21)18(12)23-13;1-12(2)21-19-23-17(11-26-19)16-10-18(25-20(3,4)5)14-8-7-13(24-6)9-15(14)22-16/h8-12H,1-7H3,(H,22,24);3*7-11H,1-6H3,(H,22,24);7-12H,1-6H3,(H,21,23). The van der Waals surface area contributed by atoms with Crippen LogP contribution in [0.2, 0.25) is 5.02 Å². The van der Waals surface area contributed by atoms with E-state index in [0.717, 1.165) is 154 Å². The average Bonchev–Trinajstić information content (AvgIpc) is 1.31. The summed E-state index contributed by atoms with van der Waals surface area (Å²) >= 11 is 17.9. The molecular formula is C101H124BrClFN15O10S5. The molecule has 10 heterocycles. The molecule has 0 atom stereocenters. The van der Waals surface area contributed by atoms with Crippen molar-refractivity contribution in [3.8, 4) is 114 Å². The largest absolute Gasteiger partial charge is 0.497 e. The Balaban J connectivity index is 0.000000161. The Morgan fingerprint density at radius 2 is 0.567 bits per heavy atom. The van der Waals surface area contributed by atoms with Crippen LogP contribution in [0.4, 0.5) is 30.0 Å². The zero-order valence-electron chi connectivity index (χ0n) is 82.2. The van der Waals surface area contributed by atoms with Crippen LogP contribution in [-0.2, 0) is 0 Å². The third kappa shape index (κ3) is 27.9. The van der Waals surface area contributed by atoms with Crippen molar-refractivity contribution in [2.45, 2.75) is 238 Å². The number of fused-ring (bicyclic) bond motifs is 5. The monoisotopic (exact) mass is 2000 g/mol. The molecular weight excluding hydrogens is 1880 g/mol. The highest BCUT2D eigenvalue weighted by Crippen LogP contribution is 2.46. The Bertz CT molecular complexity index is 5950. The number of nitrogens with zero attached hydrogens (tertiary/aromatic N) is 10. The topological polar surface area (TPSA) is 281 Å². The first-order valence-electron chi connectivity index (χ1n) is 44.0. The third-order valence-corrected chi connectivity index (χ3v) is 23.5. The number of anilines is 5. The lowest BCUT2D eigenvalue weighted by molar-refractivity contribution is 0.132. The molecule has 714 valence electrons. The number of nitrogens with one attached hydrogen (secondary N) is 5. The second-order valence-electron chi connectivity index (χ2n) is 37.9. The van der Waals surface area contributed by atoms with Crippen LogP contribution >= 0.6 is 84.2 Å². The van der Waals surface area contributed by atoms with Crippen LogP contribution in [0.5, 0.6) is 57.5 Å². The minimum Gasteiger partial charge on any atom is -0.497 e. The lowest BCUT2D eigenvalue weighted by atomic mass is 10.1. The Hall–Kier alpha value is -11.0. The zero-order valence-corrected chi connectivity index (χ0v) is 88.7. The first kappa shape index (κ1) is 103. The van der Waals surface area contributed by atoms with E-state index in [2.05, 4.69) is 123 Å². The molecule has 0 aliphatic rings. The molecule has 10 aromatic heterocycles. The number of hydrogen-bond acceptors (Lipinski definition) is 30. The van der Waals surface area contributed by atoms with Gasteiger partial charge in [-0.05, 0) is 257 Å². The van der Waals surface area contributed by atoms with Crippen molar-refractivity contribution in [1.29, 1.82) is 0 Å². The first-order chi connectivity index (χ1) is 62.9. The maximum Gasteiger partial charge on any atom is 0.191 e. The first-order valence-corrected chi connectivity index (χ1v) is 49.6. The fourth-order valence-electron chi connectivity index (χ4n) is 13.3. The lowest BCUT2D eigenvalue weighted by Gasteiger charge is -2.23. The predicted molar refractivity (Wildman–Crippen MR) is 560 cm³/mol. The summed E-state index contributed by atoms with van der Waals surface area (Å²) in [6.45, 7) is 53.1. The highest BCUT2D eigenvalue weighted by Gasteiger charge is 2.28. The minimum absolute atomic E-state index is 0.147. The summed E-state index contributed by atoms with van der Waals surface area (Å²) in [6, 6.07) is 32.0. The van der Waals surface area contributed by atoms with Crippen LogP contribution in [-0.4, -0.2) is 144 Å². The molecule has 25 nitrogen and oxygen atoms in total. The van der Waals surface area contributed by atoms with Gasteiger partial charge in [0, 0.05) is 126 Å². The number of thiazole rings is 5. The van der Waals surface area contributed by atoms with E-state index in [9.17, 15) is 4.39 Å². The maximum absolute atomic E-state index is 14.9. The molecule has 33 heteroatoms. The van der Waals surface area contributed by atoms with E-state index in [1.807, 2.05) is 236 Å². The molecule has 0 saturated heterocycles. The molecule has 0 spiro atoms. The number of pyridine rings is 5. The normalized spacial score (nSPS) is 11.8. The van der Waals surface area contributed by atoms with Crippen molar-refractivity contribution in [1.82, 2.24) is 49.8 Å². The molecule has 0 amide bonds. The van der Waals surface area contributed by atoms with Crippen molar-refractivity contribution in [2.75, 3.05) is 62.1 Å². The van der Waals surface area contributed by atoms with E-state index < -0.39 is 11.4 Å². The molecule has 5 N–H and O–H groups in total. The van der Waals surface area contributed by atoms with Crippen molar-refractivity contribution in [3.63, 3.8) is 0 Å². The quantitative estimate of drug-likeness (QED) is 0.0355. The molecule has 0 aliphatic heterocycles. The summed E-state index contributed by atoms with van der Waals surface area (Å²) in [4.78, 5) is 47.1. The second-order valence-corrected chi connectivity index (χ2v) is 43.4. The lowest BCUT2D eigenvalue weighted by Crippen LogP contribution is -2.23. The smallest absolute Gasteiger partial charge is 0.191 e. The van der Waals surface area contributed by atoms with Gasteiger partial charge in [0.25, 0.3) is 0 Å². The summed E-state index contributed by atoms with van der Waals surface area (Å²) in [5, 5.41) is 35.6. The maximum atomic E-state index is 14.9. The predicted octanol–water partition coefficient (Wildman–Crippen LogP) is 28.7. The van der Waals surface area contributed by atoms with Gasteiger partial charge in [0.05, 0.1) is 90.6 Å². The van der Waals surface area contributed by atoms with Crippen molar-refractivity contribution in [3.05, 3.63) is 145 Å². The number of rotatable bonds is 25. The summed E-state index contributed by atoms with van der Waals surface area (Å²) in [5.41, 5.74) is 10.2. The highest BCUT2D eigenvalue weighted by atomic mass is 79.9. The highest BCUT2D eigenvalue weighted by molar-refractivity contribution is 9.10. The Morgan fingerprint density at radius 1 is 0.299 bits per heavy atom. The molecule has 0 bridgehead atoms. The van der Waals surface area contributed by atoms with Gasteiger partial charge in [0.2, 0.25) is 0 Å². The summed E-state index contributed by atoms with van der Waals surface area (Å²) < 4.78 is 73.4. The van der Waals surface area contributed by atoms with Crippen LogP contribution in [0.1, 0.15) is 179 Å². The van der Waals surface area contributed by atoms with Crippen LogP contribution in [0, 0.1) is 12.7 Å².